The lowest BCUT2D eigenvalue weighted by molar-refractivity contribution is 0.354. The van der Waals surface area contributed by atoms with E-state index in [0.29, 0.717) is 33.2 Å². The van der Waals surface area contributed by atoms with Crippen LogP contribution in [0.2, 0.25) is 0 Å². The lowest BCUT2D eigenvalue weighted by atomic mass is 9.83. The number of halogens is 2. The number of rotatable bonds is 7. The summed E-state index contributed by atoms with van der Waals surface area (Å²) in [6.07, 6.45) is 5.30. The number of ether oxygens (including phenoxy) is 3. The zero-order valence-electron chi connectivity index (χ0n) is 22.4. The minimum atomic E-state index is -0.315. The summed E-state index contributed by atoms with van der Waals surface area (Å²) < 4.78 is 20.9. The molecule has 1 aromatic heterocycles. The first-order chi connectivity index (χ1) is 19.9. The van der Waals surface area contributed by atoms with Crippen molar-refractivity contribution in [3.63, 3.8) is 0 Å². The lowest BCUT2D eigenvalue weighted by Crippen LogP contribution is -2.38. The predicted octanol–water partition coefficient (Wildman–Crippen LogP) is 6.43. The van der Waals surface area contributed by atoms with Gasteiger partial charge in [-0.1, -0.05) is 54.3 Å². The Hall–Kier alpha value is -3.40. The van der Waals surface area contributed by atoms with E-state index in [-0.39, 0.29) is 11.6 Å². The Balaban J connectivity index is 1.56. The molecule has 1 atom stereocenters. The van der Waals surface area contributed by atoms with Crippen LogP contribution in [-0.2, 0) is 6.42 Å². The van der Waals surface area contributed by atoms with Gasteiger partial charge in [0.1, 0.15) is 12.4 Å². The Kier molecular flexibility index (Phi) is 7.76. The molecule has 0 bridgehead atoms. The van der Waals surface area contributed by atoms with Crippen molar-refractivity contribution in [2.75, 3.05) is 20.8 Å². The van der Waals surface area contributed by atoms with Crippen molar-refractivity contribution >= 4 is 55.0 Å². The normalized spacial score (nSPS) is 15.9. The van der Waals surface area contributed by atoms with E-state index < -0.39 is 0 Å². The van der Waals surface area contributed by atoms with Gasteiger partial charge in [0.15, 0.2) is 16.3 Å². The highest BCUT2D eigenvalue weighted by atomic mass is 79.9. The minimum absolute atomic E-state index is 0.0850. The van der Waals surface area contributed by atoms with Crippen LogP contribution in [0.5, 0.6) is 17.2 Å². The highest BCUT2D eigenvalue weighted by Gasteiger charge is 2.33. The SMILES string of the molecule is C=CCOc1c(Br)cc(/C=c2/sc3n(c2=O)[C@@H](c2ccc(OC)c(OC)c2)C2=C(N=3)c3ccccc3CC2)cc1Br. The molecule has 0 unspecified atom stereocenters. The van der Waals surface area contributed by atoms with Crippen LogP contribution in [0.15, 0.2) is 91.6 Å². The molecule has 1 aliphatic carbocycles. The summed E-state index contributed by atoms with van der Waals surface area (Å²) in [4.78, 5) is 19.9. The number of aryl methyl sites for hydroxylation is 1. The average molecular weight is 694 g/mol. The molecular formula is C32H26Br2N2O4S. The number of allylic oxidation sites excluding steroid dienone is 1. The smallest absolute Gasteiger partial charge is 0.271 e. The molecule has 0 amide bonds. The van der Waals surface area contributed by atoms with E-state index in [2.05, 4.69) is 56.6 Å². The maximum absolute atomic E-state index is 14.1. The summed E-state index contributed by atoms with van der Waals surface area (Å²) >= 11 is 8.60. The van der Waals surface area contributed by atoms with E-state index in [1.54, 1.807) is 20.3 Å². The molecule has 6 rings (SSSR count). The van der Waals surface area contributed by atoms with E-state index in [4.69, 9.17) is 19.2 Å². The molecule has 0 saturated heterocycles. The zero-order valence-corrected chi connectivity index (χ0v) is 26.4. The molecule has 41 heavy (non-hydrogen) atoms. The van der Waals surface area contributed by atoms with Crippen molar-refractivity contribution in [1.82, 2.24) is 4.57 Å². The first kappa shape index (κ1) is 27.8. The second-order valence-corrected chi connectivity index (χ2v) is 12.4. The number of benzene rings is 3. The third-order valence-electron chi connectivity index (χ3n) is 7.26. The Labute approximate surface area is 258 Å². The van der Waals surface area contributed by atoms with Crippen molar-refractivity contribution in [1.29, 1.82) is 0 Å². The van der Waals surface area contributed by atoms with Crippen LogP contribution in [-0.4, -0.2) is 25.4 Å². The molecule has 0 radical (unpaired) electrons. The van der Waals surface area contributed by atoms with Gasteiger partial charge in [0.05, 0.1) is 39.4 Å². The van der Waals surface area contributed by atoms with Gasteiger partial charge in [-0.25, -0.2) is 4.99 Å². The summed E-state index contributed by atoms with van der Waals surface area (Å²) in [6, 6.07) is 17.8. The fourth-order valence-corrected chi connectivity index (χ4v) is 7.89. The van der Waals surface area contributed by atoms with E-state index in [0.717, 1.165) is 49.7 Å². The second kappa shape index (κ2) is 11.5. The third kappa shape index (κ3) is 5.00. The highest BCUT2D eigenvalue weighted by Crippen LogP contribution is 2.43. The number of aromatic nitrogens is 1. The van der Waals surface area contributed by atoms with Gasteiger partial charge in [0, 0.05) is 5.56 Å². The predicted molar refractivity (Wildman–Crippen MR) is 170 cm³/mol. The van der Waals surface area contributed by atoms with Crippen molar-refractivity contribution in [2.45, 2.75) is 18.9 Å². The Bertz CT molecular complexity index is 1880. The standard InChI is InChI=1S/C32H26Br2N2O4S/c1-4-13-40-30-23(33)14-18(15-24(30)34)16-27-31(37)36-29(20-10-12-25(38-2)26(17-20)39-3)22-11-9-19-7-5-6-8-21(19)28(22)35-32(36)41-27/h4-8,10,12,14-17,29H,1,9,11,13H2,2-3H3/b27-16+/t29-/m0/s1. The van der Waals surface area contributed by atoms with E-state index in [9.17, 15) is 4.79 Å². The van der Waals surface area contributed by atoms with Crippen LogP contribution in [0, 0.1) is 0 Å². The maximum Gasteiger partial charge on any atom is 0.271 e. The van der Waals surface area contributed by atoms with Crippen LogP contribution >= 0.6 is 43.2 Å². The van der Waals surface area contributed by atoms with Gasteiger partial charge in [-0.05, 0) is 97.3 Å². The molecule has 6 nitrogen and oxygen atoms in total. The highest BCUT2D eigenvalue weighted by molar-refractivity contribution is 9.11. The molecule has 1 aliphatic heterocycles. The molecular weight excluding hydrogens is 668 g/mol. The number of hydrogen-bond donors (Lipinski definition) is 0. The molecule has 0 saturated carbocycles. The number of nitrogens with zero attached hydrogens (tertiary/aromatic N) is 2. The number of hydrogen-bond acceptors (Lipinski definition) is 6. The summed E-state index contributed by atoms with van der Waals surface area (Å²) in [5, 5.41) is 0. The second-order valence-electron chi connectivity index (χ2n) is 9.64. The van der Waals surface area contributed by atoms with E-state index in [1.807, 2.05) is 47.0 Å². The summed E-state index contributed by atoms with van der Waals surface area (Å²) in [5.74, 6) is 1.95. The first-order valence-electron chi connectivity index (χ1n) is 13.0. The summed E-state index contributed by atoms with van der Waals surface area (Å²) in [5.41, 5.74) is 6.20. The van der Waals surface area contributed by atoms with Crippen LogP contribution in [0.25, 0.3) is 11.8 Å². The molecule has 2 aliphatic rings. The topological polar surface area (TPSA) is 62.0 Å². The molecule has 2 heterocycles. The number of methoxy groups -OCH3 is 2. The maximum atomic E-state index is 14.1. The van der Waals surface area contributed by atoms with Crippen LogP contribution in [0.1, 0.15) is 34.7 Å². The van der Waals surface area contributed by atoms with Crippen molar-refractivity contribution in [3.05, 3.63) is 124 Å². The Morgan fingerprint density at radius 2 is 1.80 bits per heavy atom. The molecule has 0 fully saturated rings. The van der Waals surface area contributed by atoms with E-state index in [1.165, 1.54) is 16.9 Å². The lowest BCUT2D eigenvalue weighted by Gasteiger charge is -2.31. The van der Waals surface area contributed by atoms with Gasteiger partial charge < -0.3 is 14.2 Å². The molecule has 4 aromatic rings. The molecule has 0 N–H and O–H groups in total. The number of thiazole rings is 1. The number of fused-ring (bicyclic) bond motifs is 3. The third-order valence-corrected chi connectivity index (χ3v) is 9.42. The molecule has 3 aromatic carbocycles. The van der Waals surface area contributed by atoms with Gasteiger partial charge in [-0.2, -0.15) is 0 Å². The zero-order chi connectivity index (χ0) is 28.7. The van der Waals surface area contributed by atoms with Crippen LogP contribution in [0.4, 0.5) is 0 Å². The van der Waals surface area contributed by atoms with Gasteiger partial charge in [-0.3, -0.25) is 9.36 Å². The van der Waals surface area contributed by atoms with Crippen molar-refractivity contribution < 1.29 is 14.2 Å². The Morgan fingerprint density at radius 1 is 1.05 bits per heavy atom. The minimum Gasteiger partial charge on any atom is -0.493 e. The van der Waals surface area contributed by atoms with E-state index >= 15 is 0 Å². The summed E-state index contributed by atoms with van der Waals surface area (Å²) in [6.45, 7) is 4.10. The van der Waals surface area contributed by atoms with Crippen molar-refractivity contribution in [3.8, 4) is 17.2 Å². The fourth-order valence-electron chi connectivity index (χ4n) is 5.44. The van der Waals surface area contributed by atoms with Gasteiger partial charge in [0.25, 0.3) is 5.56 Å². The average Bonchev–Trinajstić information content (AvgIpc) is 3.29. The molecule has 9 heteroatoms. The van der Waals surface area contributed by atoms with Gasteiger partial charge in [0.2, 0.25) is 0 Å². The largest absolute Gasteiger partial charge is 0.493 e. The van der Waals surface area contributed by atoms with Crippen molar-refractivity contribution in [2.24, 2.45) is 4.99 Å². The monoisotopic (exact) mass is 692 g/mol. The van der Waals surface area contributed by atoms with Crippen LogP contribution in [0.3, 0.4) is 0 Å². The van der Waals surface area contributed by atoms with Gasteiger partial charge >= 0.3 is 0 Å². The first-order valence-corrected chi connectivity index (χ1v) is 15.4. The Morgan fingerprint density at radius 3 is 2.54 bits per heavy atom. The van der Waals surface area contributed by atoms with Gasteiger partial charge in [-0.15, -0.1) is 0 Å². The quantitative estimate of drug-likeness (QED) is 0.210. The molecule has 0 spiro atoms. The van der Waals surface area contributed by atoms with Crippen LogP contribution < -0.4 is 29.1 Å². The molecule has 208 valence electrons. The fraction of sp³-hybridized carbons (Fsp3) is 0.188. The summed E-state index contributed by atoms with van der Waals surface area (Å²) in [7, 11) is 3.24.